The van der Waals surface area contributed by atoms with E-state index in [1.54, 1.807) is 25.9 Å². The molecule has 0 aliphatic carbocycles. The summed E-state index contributed by atoms with van der Waals surface area (Å²) in [6.45, 7) is 3.26. The fourth-order valence-electron chi connectivity index (χ4n) is 2.03. The minimum Gasteiger partial charge on any atom is -0.481 e. The van der Waals surface area contributed by atoms with E-state index in [0.29, 0.717) is 39.0 Å². The summed E-state index contributed by atoms with van der Waals surface area (Å²) in [7, 11) is 3.28. The normalized spacial score (nSPS) is 17.0. The Labute approximate surface area is 124 Å². The molecule has 1 aliphatic rings. The van der Waals surface area contributed by atoms with Crippen molar-refractivity contribution in [1.82, 2.24) is 20.4 Å². The summed E-state index contributed by atoms with van der Waals surface area (Å²) in [5.74, 6) is -0.811. The molecule has 8 heteroatoms. The van der Waals surface area contributed by atoms with Gasteiger partial charge in [-0.25, -0.2) is 9.59 Å². The largest absolute Gasteiger partial charge is 0.481 e. The van der Waals surface area contributed by atoms with Crippen LogP contribution in [0.25, 0.3) is 0 Å². The molecule has 0 unspecified atom stereocenters. The summed E-state index contributed by atoms with van der Waals surface area (Å²) >= 11 is 0. The van der Waals surface area contributed by atoms with Crippen molar-refractivity contribution in [1.29, 1.82) is 0 Å². The van der Waals surface area contributed by atoms with Gasteiger partial charge in [0, 0.05) is 40.3 Å². The number of piperidine rings is 1. The van der Waals surface area contributed by atoms with Gasteiger partial charge in [-0.1, -0.05) is 0 Å². The number of carbonyl (C=O) groups is 3. The molecule has 1 heterocycles. The number of carbonyl (C=O) groups excluding carboxylic acids is 2. The van der Waals surface area contributed by atoms with E-state index < -0.39 is 11.4 Å². The number of hydrogen-bond donors (Lipinski definition) is 3. The maximum atomic E-state index is 11.9. The van der Waals surface area contributed by atoms with Gasteiger partial charge in [-0.15, -0.1) is 0 Å². The summed E-state index contributed by atoms with van der Waals surface area (Å²) in [6, 6.07) is -0.430. The average Bonchev–Trinajstić information content (AvgIpc) is 2.43. The van der Waals surface area contributed by atoms with Crippen LogP contribution in [0.4, 0.5) is 9.59 Å². The van der Waals surface area contributed by atoms with Gasteiger partial charge < -0.3 is 25.5 Å². The van der Waals surface area contributed by atoms with Crippen molar-refractivity contribution >= 4 is 18.0 Å². The predicted molar refractivity (Wildman–Crippen MR) is 77.0 cm³/mol. The van der Waals surface area contributed by atoms with Crippen LogP contribution in [0.2, 0.25) is 0 Å². The first-order valence-corrected chi connectivity index (χ1v) is 6.97. The monoisotopic (exact) mass is 300 g/mol. The van der Waals surface area contributed by atoms with E-state index in [9.17, 15) is 14.4 Å². The number of urea groups is 2. The van der Waals surface area contributed by atoms with Crippen LogP contribution in [0, 0.1) is 5.41 Å². The number of carboxylic acid groups (broad SMARTS) is 1. The molecule has 3 N–H and O–H groups in total. The molecule has 1 aliphatic heterocycles. The van der Waals surface area contributed by atoms with Gasteiger partial charge in [-0.05, 0) is 19.8 Å². The lowest BCUT2D eigenvalue weighted by molar-refractivity contribution is -0.150. The zero-order valence-corrected chi connectivity index (χ0v) is 12.8. The zero-order valence-electron chi connectivity index (χ0n) is 12.8. The van der Waals surface area contributed by atoms with Crippen molar-refractivity contribution in [3.63, 3.8) is 0 Å². The Morgan fingerprint density at radius 1 is 1.14 bits per heavy atom. The molecule has 0 aromatic heterocycles. The van der Waals surface area contributed by atoms with Crippen LogP contribution >= 0.6 is 0 Å². The van der Waals surface area contributed by atoms with Gasteiger partial charge in [0.15, 0.2) is 0 Å². The van der Waals surface area contributed by atoms with Crippen molar-refractivity contribution in [3.05, 3.63) is 0 Å². The Hall–Kier alpha value is -1.99. The van der Waals surface area contributed by atoms with Crippen LogP contribution < -0.4 is 10.6 Å². The Morgan fingerprint density at radius 2 is 1.67 bits per heavy atom. The minimum absolute atomic E-state index is 0.209. The quantitative estimate of drug-likeness (QED) is 0.643. The highest BCUT2D eigenvalue weighted by atomic mass is 16.4. The third-order valence-corrected chi connectivity index (χ3v) is 3.75. The number of nitrogens with one attached hydrogen (secondary N) is 2. The zero-order chi connectivity index (χ0) is 16.0. The number of likely N-dealkylation sites (tertiary alicyclic amines) is 1. The van der Waals surface area contributed by atoms with E-state index >= 15 is 0 Å². The first kappa shape index (κ1) is 17.1. The molecule has 0 atom stereocenters. The number of carboxylic acids is 1. The summed E-state index contributed by atoms with van der Waals surface area (Å²) < 4.78 is 0. The van der Waals surface area contributed by atoms with Crippen LogP contribution in [-0.2, 0) is 4.79 Å². The molecule has 0 radical (unpaired) electrons. The first-order chi connectivity index (χ1) is 9.76. The smallest absolute Gasteiger partial charge is 0.317 e. The molecular weight excluding hydrogens is 276 g/mol. The highest BCUT2D eigenvalue weighted by Gasteiger charge is 2.37. The molecule has 0 aromatic carbocycles. The fourth-order valence-corrected chi connectivity index (χ4v) is 2.03. The average molecular weight is 300 g/mol. The number of nitrogens with zero attached hydrogens (tertiary/aromatic N) is 2. The maximum absolute atomic E-state index is 11.9. The molecule has 120 valence electrons. The van der Waals surface area contributed by atoms with Gasteiger partial charge in [0.05, 0.1) is 5.41 Å². The lowest BCUT2D eigenvalue weighted by Crippen LogP contribution is -2.50. The van der Waals surface area contributed by atoms with Gasteiger partial charge in [-0.2, -0.15) is 0 Å². The fraction of sp³-hybridized carbons (Fsp3) is 0.769. The Bertz CT molecular complexity index is 403. The standard InChI is InChI=1S/C13H24N4O4/c1-13(10(18)19)4-8-17(9-5-13)12(21)15-7-6-14-11(20)16(2)3/h4-9H2,1-3H3,(H,14,20)(H,15,21)(H,18,19). The van der Waals surface area contributed by atoms with E-state index in [4.69, 9.17) is 5.11 Å². The lowest BCUT2D eigenvalue weighted by Gasteiger charge is -2.36. The van der Waals surface area contributed by atoms with Crippen molar-refractivity contribution in [3.8, 4) is 0 Å². The van der Waals surface area contributed by atoms with Gasteiger partial charge in [-0.3, -0.25) is 4.79 Å². The third kappa shape index (κ3) is 4.80. The summed E-state index contributed by atoms with van der Waals surface area (Å²) in [4.78, 5) is 37.3. The van der Waals surface area contributed by atoms with Crippen molar-refractivity contribution in [2.75, 3.05) is 40.3 Å². The molecule has 1 fully saturated rings. The van der Waals surface area contributed by atoms with Crippen molar-refractivity contribution in [2.24, 2.45) is 5.41 Å². The van der Waals surface area contributed by atoms with Crippen LogP contribution in [0.5, 0.6) is 0 Å². The van der Waals surface area contributed by atoms with Crippen molar-refractivity contribution < 1.29 is 19.5 Å². The van der Waals surface area contributed by atoms with Gasteiger partial charge in [0.2, 0.25) is 0 Å². The van der Waals surface area contributed by atoms with Crippen LogP contribution in [0.15, 0.2) is 0 Å². The number of aliphatic carboxylic acids is 1. The van der Waals surface area contributed by atoms with Gasteiger partial charge >= 0.3 is 18.0 Å². The minimum atomic E-state index is -0.811. The molecular formula is C13H24N4O4. The third-order valence-electron chi connectivity index (χ3n) is 3.75. The van der Waals surface area contributed by atoms with Crippen LogP contribution in [0.1, 0.15) is 19.8 Å². The highest BCUT2D eigenvalue weighted by Crippen LogP contribution is 2.30. The van der Waals surface area contributed by atoms with Crippen LogP contribution in [0.3, 0.4) is 0 Å². The van der Waals surface area contributed by atoms with Gasteiger partial charge in [0.25, 0.3) is 0 Å². The number of hydrogen-bond acceptors (Lipinski definition) is 3. The predicted octanol–water partition coefficient (Wildman–Crippen LogP) is 0.154. The molecule has 4 amide bonds. The molecule has 0 saturated carbocycles. The first-order valence-electron chi connectivity index (χ1n) is 6.97. The Balaban J connectivity index is 2.26. The Morgan fingerprint density at radius 3 is 2.14 bits per heavy atom. The van der Waals surface area contributed by atoms with Gasteiger partial charge in [0.1, 0.15) is 0 Å². The summed E-state index contributed by atoms with van der Waals surface area (Å²) in [5.41, 5.74) is -0.740. The molecule has 21 heavy (non-hydrogen) atoms. The van der Waals surface area contributed by atoms with E-state index in [1.807, 2.05) is 0 Å². The second kappa shape index (κ2) is 7.14. The SMILES string of the molecule is CN(C)C(=O)NCCNC(=O)N1CCC(C)(C(=O)O)CC1. The topological polar surface area (TPSA) is 102 Å². The van der Waals surface area contributed by atoms with E-state index in [1.165, 1.54) is 4.90 Å². The lowest BCUT2D eigenvalue weighted by atomic mass is 9.80. The second-order valence-electron chi connectivity index (χ2n) is 5.71. The van der Waals surface area contributed by atoms with E-state index in [0.717, 1.165) is 0 Å². The van der Waals surface area contributed by atoms with E-state index in [-0.39, 0.29) is 12.1 Å². The number of rotatable bonds is 4. The molecule has 1 rings (SSSR count). The van der Waals surface area contributed by atoms with E-state index in [2.05, 4.69) is 10.6 Å². The second-order valence-corrected chi connectivity index (χ2v) is 5.71. The molecule has 8 nitrogen and oxygen atoms in total. The Kier molecular flexibility index (Phi) is 5.80. The molecule has 0 aromatic rings. The molecule has 1 saturated heterocycles. The summed E-state index contributed by atoms with van der Waals surface area (Å²) in [6.07, 6.45) is 0.903. The number of amides is 4. The molecule has 0 bridgehead atoms. The molecule has 0 spiro atoms. The van der Waals surface area contributed by atoms with Crippen molar-refractivity contribution in [2.45, 2.75) is 19.8 Å². The maximum Gasteiger partial charge on any atom is 0.317 e. The highest BCUT2D eigenvalue weighted by molar-refractivity contribution is 5.77. The van der Waals surface area contributed by atoms with Crippen LogP contribution in [-0.4, -0.2) is 73.2 Å². The summed E-state index contributed by atoms with van der Waals surface area (Å²) in [5, 5.41) is 14.5.